The molecule has 7 heteroatoms. The molecular formula is C16H13ClFN3O2. The Morgan fingerprint density at radius 1 is 1.26 bits per heavy atom. The van der Waals surface area contributed by atoms with E-state index in [0.717, 1.165) is 23.6 Å². The molecule has 1 aliphatic carbocycles. The van der Waals surface area contributed by atoms with E-state index in [2.05, 4.69) is 5.10 Å². The monoisotopic (exact) mass is 333 g/mol. The smallest absolute Gasteiger partial charge is 0.280 e. The Kier molecular flexibility index (Phi) is 2.99. The van der Waals surface area contributed by atoms with Gasteiger partial charge < -0.3 is 4.57 Å². The second-order valence-electron chi connectivity index (χ2n) is 5.81. The first-order valence-corrected chi connectivity index (χ1v) is 7.67. The number of halogens is 2. The molecule has 0 unspecified atom stereocenters. The third-order valence-electron chi connectivity index (χ3n) is 4.21. The van der Waals surface area contributed by atoms with Gasteiger partial charge in [0, 0.05) is 22.8 Å². The molecule has 0 atom stereocenters. The number of nitrogens with one attached hydrogen (secondary N) is 1. The zero-order chi connectivity index (χ0) is 16.3. The van der Waals surface area contributed by atoms with Gasteiger partial charge in [0.2, 0.25) is 0 Å². The lowest BCUT2D eigenvalue weighted by Gasteiger charge is -2.07. The van der Waals surface area contributed by atoms with E-state index in [-0.39, 0.29) is 27.9 Å². The molecular weight excluding hydrogens is 321 g/mol. The first-order valence-electron chi connectivity index (χ1n) is 7.29. The molecule has 5 nitrogen and oxygen atoms in total. The summed E-state index contributed by atoms with van der Waals surface area (Å²) < 4.78 is 16.9. The third kappa shape index (κ3) is 2.13. The fraction of sp³-hybridized carbons (Fsp3) is 0.250. The maximum Gasteiger partial charge on any atom is 0.280 e. The molecule has 0 radical (unpaired) electrons. The SMILES string of the molecule is Cc1c2c(=O)n(-c3ccc(Cl)cc3F)[nH]c2cc(=O)n1C1CC1. The molecule has 1 fully saturated rings. The van der Waals surface area contributed by atoms with E-state index in [4.69, 9.17) is 11.6 Å². The van der Waals surface area contributed by atoms with Gasteiger partial charge in [0.15, 0.2) is 0 Å². The Hall–Kier alpha value is -2.34. The molecule has 1 saturated carbocycles. The number of pyridine rings is 1. The van der Waals surface area contributed by atoms with Crippen LogP contribution in [-0.4, -0.2) is 14.3 Å². The lowest BCUT2D eigenvalue weighted by Crippen LogP contribution is -2.22. The van der Waals surface area contributed by atoms with Gasteiger partial charge in [0.05, 0.1) is 10.9 Å². The van der Waals surface area contributed by atoms with Crippen molar-refractivity contribution in [3.8, 4) is 5.69 Å². The number of H-pyrrole nitrogens is 1. The second-order valence-corrected chi connectivity index (χ2v) is 6.24. The van der Waals surface area contributed by atoms with Gasteiger partial charge in [0.25, 0.3) is 11.1 Å². The fourth-order valence-corrected chi connectivity index (χ4v) is 3.16. The summed E-state index contributed by atoms with van der Waals surface area (Å²) >= 11 is 5.75. The Balaban J connectivity index is 2.03. The maximum atomic E-state index is 14.1. The van der Waals surface area contributed by atoms with Crippen LogP contribution in [0.15, 0.2) is 33.9 Å². The number of aryl methyl sites for hydroxylation is 1. The topological polar surface area (TPSA) is 59.8 Å². The minimum absolute atomic E-state index is 0.0698. The van der Waals surface area contributed by atoms with E-state index in [0.29, 0.717) is 16.6 Å². The minimum atomic E-state index is -0.610. The molecule has 118 valence electrons. The number of hydrogen-bond acceptors (Lipinski definition) is 2. The van der Waals surface area contributed by atoms with Crippen LogP contribution in [0.25, 0.3) is 16.6 Å². The van der Waals surface area contributed by atoms with Crippen LogP contribution in [0, 0.1) is 12.7 Å². The molecule has 23 heavy (non-hydrogen) atoms. The van der Waals surface area contributed by atoms with Gasteiger partial charge >= 0.3 is 0 Å². The number of hydrogen-bond donors (Lipinski definition) is 1. The first kappa shape index (κ1) is 14.3. The van der Waals surface area contributed by atoms with E-state index in [1.54, 1.807) is 11.5 Å². The van der Waals surface area contributed by atoms with Crippen molar-refractivity contribution in [2.75, 3.05) is 0 Å². The number of nitrogens with zero attached hydrogens (tertiary/aromatic N) is 2. The highest BCUT2D eigenvalue weighted by molar-refractivity contribution is 6.30. The van der Waals surface area contributed by atoms with Crippen LogP contribution in [0.3, 0.4) is 0 Å². The Labute approximate surface area is 134 Å². The molecule has 1 N–H and O–H groups in total. The van der Waals surface area contributed by atoms with Crippen LogP contribution < -0.4 is 11.1 Å². The van der Waals surface area contributed by atoms with E-state index < -0.39 is 5.82 Å². The van der Waals surface area contributed by atoms with E-state index in [1.807, 2.05) is 0 Å². The maximum absolute atomic E-state index is 14.1. The summed E-state index contributed by atoms with van der Waals surface area (Å²) in [7, 11) is 0. The second kappa shape index (κ2) is 4.83. The normalized spacial score (nSPS) is 14.6. The molecule has 0 aliphatic heterocycles. The summed E-state index contributed by atoms with van der Waals surface area (Å²) in [5.41, 5.74) is 0.559. The molecule has 2 aromatic heterocycles. The van der Waals surface area contributed by atoms with E-state index in [9.17, 15) is 14.0 Å². The van der Waals surface area contributed by atoms with Gasteiger partial charge in [0.1, 0.15) is 11.5 Å². The summed E-state index contributed by atoms with van der Waals surface area (Å²) in [6, 6.07) is 5.64. The highest BCUT2D eigenvalue weighted by Gasteiger charge is 2.28. The third-order valence-corrected chi connectivity index (χ3v) is 4.44. The summed E-state index contributed by atoms with van der Waals surface area (Å²) in [6.45, 7) is 1.75. The van der Waals surface area contributed by atoms with Gasteiger partial charge in [-0.3, -0.25) is 14.7 Å². The largest absolute Gasteiger partial charge is 0.309 e. The molecule has 3 aromatic rings. The van der Waals surface area contributed by atoms with Crippen molar-refractivity contribution in [2.45, 2.75) is 25.8 Å². The molecule has 4 rings (SSSR count). The van der Waals surface area contributed by atoms with Crippen molar-refractivity contribution >= 4 is 22.5 Å². The molecule has 2 heterocycles. The van der Waals surface area contributed by atoms with Gasteiger partial charge in [-0.1, -0.05) is 11.6 Å². The quantitative estimate of drug-likeness (QED) is 0.784. The van der Waals surface area contributed by atoms with Crippen LogP contribution in [-0.2, 0) is 0 Å². The van der Waals surface area contributed by atoms with Gasteiger partial charge in [-0.05, 0) is 38.0 Å². The molecule has 0 bridgehead atoms. The number of aromatic amines is 1. The van der Waals surface area contributed by atoms with E-state index in [1.165, 1.54) is 18.2 Å². The van der Waals surface area contributed by atoms with Gasteiger partial charge in [-0.2, -0.15) is 0 Å². The predicted octanol–water partition coefficient (Wildman–Crippen LogP) is 2.92. The van der Waals surface area contributed by atoms with Crippen molar-refractivity contribution in [1.29, 1.82) is 0 Å². The van der Waals surface area contributed by atoms with Crippen molar-refractivity contribution in [1.82, 2.24) is 14.3 Å². The highest BCUT2D eigenvalue weighted by Crippen LogP contribution is 2.35. The van der Waals surface area contributed by atoms with Crippen LogP contribution >= 0.6 is 11.6 Å². The first-order chi connectivity index (χ1) is 11.0. The zero-order valence-electron chi connectivity index (χ0n) is 12.3. The van der Waals surface area contributed by atoms with Gasteiger partial charge in [-0.25, -0.2) is 9.07 Å². The summed E-state index contributed by atoms with van der Waals surface area (Å²) in [6.07, 6.45) is 1.88. The minimum Gasteiger partial charge on any atom is -0.309 e. The zero-order valence-corrected chi connectivity index (χ0v) is 13.0. The van der Waals surface area contributed by atoms with Crippen LogP contribution in [0.4, 0.5) is 4.39 Å². The number of fused-ring (bicyclic) bond motifs is 1. The average molecular weight is 334 g/mol. The van der Waals surface area contributed by atoms with Crippen molar-refractivity contribution in [3.63, 3.8) is 0 Å². The Morgan fingerprint density at radius 3 is 2.65 bits per heavy atom. The lowest BCUT2D eigenvalue weighted by atomic mass is 10.2. The molecule has 1 aliphatic rings. The molecule has 1 aromatic carbocycles. The van der Waals surface area contributed by atoms with Crippen molar-refractivity contribution < 1.29 is 4.39 Å². The van der Waals surface area contributed by atoms with Crippen LogP contribution in [0.5, 0.6) is 0 Å². The van der Waals surface area contributed by atoms with Crippen LogP contribution in [0.1, 0.15) is 24.6 Å². The highest BCUT2D eigenvalue weighted by atomic mass is 35.5. The standard InChI is InChI=1S/C16H13ClFN3O2/c1-8-15-12(7-14(22)20(8)10-3-4-10)19-21(16(15)23)13-5-2-9(17)6-11(13)18/h2,5-7,10,19H,3-4H2,1H3. The summed E-state index contributed by atoms with van der Waals surface area (Å²) in [5, 5.41) is 3.47. The molecule has 0 amide bonds. The Morgan fingerprint density at radius 2 is 2.00 bits per heavy atom. The van der Waals surface area contributed by atoms with Crippen molar-refractivity contribution in [2.24, 2.45) is 0 Å². The lowest BCUT2D eigenvalue weighted by molar-refractivity contribution is 0.609. The molecule has 0 spiro atoms. The predicted molar refractivity (Wildman–Crippen MR) is 86.1 cm³/mol. The summed E-state index contributed by atoms with van der Waals surface area (Å²) in [4.78, 5) is 25.0. The van der Waals surface area contributed by atoms with E-state index >= 15 is 0 Å². The summed E-state index contributed by atoms with van der Waals surface area (Å²) in [5.74, 6) is -0.610. The van der Waals surface area contributed by atoms with Gasteiger partial charge in [-0.15, -0.1) is 0 Å². The fourth-order valence-electron chi connectivity index (χ4n) is 3.01. The van der Waals surface area contributed by atoms with Crippen LogP contribution in [0.2, 0.25) is 5.02 Å². The Bertz CT molecular complexity index is 1060. The average Bonchev–Trinajstić information content (AvgIpc) is 3.24. The number of benzene rings is 1. The number of aromatic nitrogens is 3. The number of rotatable bonds is 2. The van der Waals surface area contributed by atoms with Crippen molar-refractivity contribution in [3.05, 3.63) is 61.5 Å². The molecule has 0 saturated heterocycles.